The third-order valence-corrected chi connectivity index (χ3v) is 5.23. The van der Waals surface area contributed by atoms with Gasteiger partial charge in [0.25, 0.3) is 0 Å². The SMILES string of the molecule is COc1ccc(/C=C/c2cc(OC)cc(OC)c2/C=C/C(=O)N2CCCCC2)cc1. The summed E-state index contributed by atoms with van der Waals surface area (Å²) in [6, 6.07) is 11.6. The molecule has 0 aromatic heterocycles. The van der Waals surface area contributed by atoms with Crippen molar-refractivity contribution >= 4 is 24.1 Å². The van der Waals surface area contributed by atoms with E-state index in [1.54, 1.807) is 27.4 Å². The number of piperidine rings is 1. The molecule has 1 aliphatic rings. The first-order valence-electron chi connectivity index (χ1n) is 10.2. The van der Waals surface area contributed by atoms with Gasteiger partial charge in [-0.05, 0) is 54.7 Å². The summed E-state index contributed by atoms with van der Waals surface area (Å²) < 4.78 is 16.2. The molecule has 1 heterocycles. The summed E-state index contributed by atoms with van der Waals surface area (Å²) in [6.45, 7) is 1.65. The summed E-state index contributed by atoms with van der Waals surface area (Å²) in [6.07, 6.45) is 10.8. The minimum absolute atomic E-state index is 0.0395. The predicted octanol–water partition coefficient (Wildman–Crippen LogP) is 4.91. The zero-order valence-electron chi connectivity index (χ0n) is 17.9. The topological polar surface area (TPSA) is 48.0 Å². The number of hydrogen-bond donors (Lipinski definition) is 0. The number of ether oxygens (including phenoxy) is 3. The van der Waals surface area contributed by atoms with Gasteiger partial charge in [0.05, 0.1) is 21.3 Å². The Bertz CT molecular complexity index is 909. The molecule has 30 heavy (non-hydrogen) atoms. The number of carbonyl (C=O) groups excluding carboxylic acids is 1. The van der Waals surface area contributed by atoms with E-state index in [0.717, 1.165) is 48.4 Å². The van der Waals surface area contributed by atoms with E-state index in [-0.39, 0.29) is 5.91 Å². The molecule has 2 aromatic carbocycles. The Hall–Kier alpha value is -3.21. The predicted molar refractivity (Wildman–Crippen MR) is 121 cm³/mol. The first-order chi connectivity index (χ1) is 14.6. The van der Waals surface area contributed by atoms with Crippen molar-refractivity contribution in [1.82, 2.24) is 4.90 Å². The number of hydrogen-bond acceptors (Lipinski definition) is 4. The number of benzene rings is 2. The van der Waals surface area contributed by atoms with Gasteiger partial charge in [-0.15, -0.1) is 0 Å². The van der Waals surface area contributed by atoms with Crippen LogP contribution in [0.4, 0.5) is 0 Å². The summed E-state index contributed by atoms with van der Waals surface area (Å²) in [5.74, 6) is 2.21. The van der Waals surface area contributed by atoms with Gasteiger partial charge in [-0.2, -0.15) is 0 Å². The van der Waals surface area contributed by atoms with Crippen molar-refractivity contribution in [2.75, 3.05) is 34.4 Å². The minimum Gasteiger partial charge on any atom is -0.497 e. The maximum Gasteiger partial charge on any atom is 0.246 e. The van der Waals surface area contributed by atoms with Crippen LogP contribution >= 0.6 is 0 Å². The molecule has 0 unspecified atom stereocenters. The van der Waals surface area contributed by atoms with Crippen LogP contribution in [-0.2, 0) is 4.79 Å². The van der Waals surface area contributed by atoms with Gasteiger partial charge in [-0.3, -0.25) is 4.79 Å². The number of amides is 1. The second kappa shape index (κ2) is 10.5. The Labute approximate surface area is 178 Å². The van der Waals surface area contributed by atoms with E-state index in [4.69, 9.17) is 14.2 Å². The van der Waals surface area contributed by atoms with Crippen molar-refractivity contribution in [3.63, 3.8) is 0 Å². The van der Waals surface area contributed by atoms with Crippen molar-refractivity contribution in [3.05, 3.63) is 59.2 Å². The maximum absolute atomic E-state index is 12.6. The van der Waals surface area contributed by atoms with Gasteiger partial charge >= 0.3 is 0 Å². The van der Waals surface area contributed by atoms with Crippen LogP contribution in [0.5, 0.6) is 17.2 Å². The smallest absolute Gasteiger partial charge is 0.246 e. The van der Waals surface area contributed by atoms with Crippen molar-refractivity contribution in [2.45, 2.75) is 19.3 Å². The van der Waals surface area contributed by atoms with E-state index in [2.05, 4.69) is 0 Å². The van der Waals surface area contributed by atoms with Crippen LogP contribution in [0, 0.1) is 0 Å². The lowest BCUT2D eigenvalue weighted by molar-refractivity contribution is -0.126. The first-order valence-corrected chi connectivity index (χ1v) is 10.2. The highest BCUT2D eigenvalue weighted by Crippen LogP contribution is 2.31. The van der Waals surface area contributed by atoms with Crippen molar-refractivity contribution in [2.24, 2.45) is 0 Å². The minimum atomic E-state index is 0.0395. The van der Waals surface area contributed by atoms with Gasteiger partial charge in [-0.25, -0.2) is 0 Å². The van der Waals surface area contributed by atoms with Gasteiger partial charge in [-0.1, -0.05) is 24.3 Å². The fraction of sp³-hybridized carbons (Fsp3) is 0.320. The number of methoxy groups -OCH3 is 3. The van der Waals surface area contributed by atoms with E-state index < -0.39 is 0 Å². The zero-order chi connectivity index (χ0) is 21.3. The molecule has 3 rings (SSSR count). The largest absolute Gasteiger partial charge is 0.497 e. The average Bonchev–Trinajstić information content (AvgIpc) is 2.81. The molecule has 0 radical (unpaired) electrons. The molecule has 0 bridgehead atoms. The molecule has 1 fully saturated rings. The molecule has 0 atom stereocenters. The van der Waals surface area contributed by atoms with E-state index >= 15 is 0 Å². The standard InChI is InChI=1S/C25H29NO4/c1-28-21-11-8-19(9-12-21)7-10-20-17-22(29-2)18-24(30-3)23(20)13-14-25(27)26-15-5-4-6-16-26/h7-14,17-18H,4-6,15-16H2,1-3H3/b10-7+,14-13+. The van der Waals surface area contributed by atoms with Crippen LogP contribution < -0.4 is 14.2 Å². The highest BCUT2D eigenvalue weighted by atomic mass is 16.5. The molecule has 5 nitrogen and oxygen atoms in total. The fourth-order valence-electron chi connectivity index (χ4n) is 3.50. The fourth-order valence-corrected chi connectivity index (χ4v) is 3.50. The van der Waals surface area contributed by atoms with Crippen LogP contribution in [0.3, 0.4) is 0 Å². The number of nitrogens with zero attached hydrogens (tertiary/aromatic N) is 1. The van der Waals surface area contributed by atoms with Gasteiger partial charge in [0, 0.05) is 30.8 Å². The van der Waals surface area contributed by atoms with Crippen LogP contribution in [0.2, 0.25) is 0 Å². The van der Waals surface area contributed by atoms with E-state index in [1.165, 1.54) is 6.42 Å². The monoisotopic (exact) mass is 407 g/mol. The number of carbonyl (C=O) groups is 1. The van der Waals surface area contributed by atoms with Crippen LogP contribution in [0.1, 0.15) is 36.0 Å². The average molecular weight is 408 g/mol. The third kappa shape index (κ3) is 5.44. The highest BCUT2D eigenvalue weighted by molar-refractivity contribution is 5.93. The second-order valence-electron chi connectivity index (χ2n) is 7.16. The molecule has 0 N–H and O–H groups in total. The lowest BCUT2D eigenvalue weighted by atomic mass is 10.0. The Morgan fingerprint density at radius 1 is 0.833 bits per heavy atom. The zero-order valence-corrected chi connectivity index (χ0v) is 17.9. The quantitative estimate of drug-likeness (QED) is 0.483. The van der Waals surface area contributed by atoms with Crippen LogP contribution in [0.25, 0.3) is 18.2 Å². The Kier molecular flexibility index (Phi) is 7.55. The molecule has 0 aliphatic carbocycles. The maximum atomic E-state index is 12.6. The van der Waals surface area contributed by atoms with Crippen LogP contribution in [0.15, 0.2) is 42.5 Å². The molecular formula is C25H29NO4. The second-order valence-corrected chi connectivity index (χ2v) is 7.16. The Morgan fingerprint density at radius 3 is 2.17 bits per heavy atom. The van der Waals surface area contributed by atoms with Crippen molar-refractivity contribution < 1.29 is 19.0 Å². The summed E-state index contributed by atoms with van der Waals surface area (Å²) >= 11 is 0. The van der Waals surface area contributed by atoms with E-state index in [0.29, 0.717) is 11.5 Å². The highest BCUT2D eigenvalue weighted by Gasteiger charge is 2.15. The lowest BCUT2D eigenvalue weighted by Crippen LogP contribution is -2.34. The van der Waals surface area contributed by atoms with Crippen molar-refractivity contribution in [3.8, 4) is 17.2 Å². The summed E-state index contributed by atoms with van der Waals surface area (Å²) in [5.41, 5.74) is 2.79. The van der Waals surface area contributed by atoms with Crippen molar-refractivity contribution in [1.29, 1.82) is 0 Å². The van der Waals surface area contributed by atoms with Crippen LogP contribution in [-0.4, -0.2) is 45.2 Å². The molecule has 1 saturated heterocycles. The summed E-state index contributed by atoms with van der Waals surface area (Å²) in [5, 5.41) is 0. The molecule has 1 aliphatic heterocycles. The lowest BCUT2D eigenvalue weighted by Gasteiger charge is -2.25. The third-order valence-electron chi connectivity index (χ3n) is 5.23. The summed E-state index contributed by atoms with van der Waals surface area (Å²) in [4.78, 5) is 14.5. The summed E-state index contributed by atoms with van der Waals surface area (Å²) in [7, 11) is 4.90. The Balaban J connectivity index is 1.90. The Morgan fingerprint density at radius 2 is 1.53 bits per heavy atom. The molecular weight excluding hydrogens is 378 g/mol. The molecule has 0 spiro atoms. The molecule has 1 amide bonds. The molecule has 158 valence electrons. The normalized spacial score (nSPS) is 14.3. The first kappa shape index (κ1) is 21.5. The number of likely N-dealkylation sites (tertiary alicyclic amines) is 1. The van der Waals surface area contributed by atoms with Gasteiger partial charge in [0.15, 0.2) is 0 Å². The molecule has 2 aromatic rings. The van der Waals surface area contributed by atoms with E-state index in [9.17, 15) is 4.79 Å². The molecule has 0 saturated carbocycles. The molecule has 5 heteroatoms. The number of rotatable bonds is 7. The van der Waals surface area contributed by atoms with Gasteiger partial charge in [0.2, 0.25) is 5.91 Å². The van der Waals surface area contributed by atoms with Gasteiger partial charge in [0.1, 0.15) is 17.2 Å². The van der Waals surface area contributed by atoms with Gasteiger partial charge < -0.3 is 19.1 Å². The van der Waals surface area contributed by atoms with E-state index in [1.807, 2.05) is 59.5 Å².